The number of hydrazone groups is 1. The van der Waals surface area contributed by atoms with Crippen LogP contribution in [0.4, 0.5) is 11.4 Å². The summed E-state index contributed by atoms with van der Waals surface area (Å²) in [5.41, 5.74) is 5.72. The van der Waals surface area contributed by atoms with Gasteiger partial charge in [0.1, 0.15) is 16.9 Å². The van der Waals surface area contributed by atoms with Crippen LogP contribution in [0.5, 0.6) is 0 Å². The zero-order valence-electron chi connectivity index (χ0n) is 20.8. The number of nitrogens with zero attached hydrogens (tertiary/aromatic N) is 6. The van der Waals surface area contributed by atoms with Gasteiger partial charge in [-0.25, -0.2) is 0 Å². The zero-order chi connectivity index (χ0) is 25.6. The summed E-state index contributed by atoms with van der Waals surface area (Å²) in [5, 5.41) is 15.3. The number of hydrogen-bond acceptors (Lipinski definition) is 5. The Morgan fingerprint density at radius 3 is 1.69 bits per heavy atom. The molecule has 2 heterocycles. The fraction of sp³-hybridized carbons (Fsp3) is 0. The van der Waals surface area contributed by atoms with E-state index in [1.54, 1.807) is 4.80 Å². The Labute approximate surface area is 241 Å². The minimum atomic E-state index is 0. The smallest absolute Gasteiger partial charge is 0.456 e. The molecule has 0 N–H and O–H groups in total. The third-order valence-corrected chi connectivity index (χ3v) is 5.86. The molecule has 0 radical (unpaired) electrons. The van der Waals surface area contributed by atoms with Crippen molar-refractivity contribution >= 4 is 28.2 Å². The number of benzene rings is 5. The number of anilines is 2. The second-order valence-corrected chi connectivity index (χ2v) is 8.43. The Hall–Kier alpha value is -4.58. The van der Waals surface area contributed by atoms with E-state index < -0.39 is 0 Å². The summed E-state index contributed by atoms with van der Waals surface area (Å²) >= 11 is 0. The molecule has 1 aliphatic heterocycles. The fourth-order valence-corrected chi connectivity index (χ4v) is 4.02. The summed E-state index contributed by atoms with van der Waals surface area (Å²) < 4.78 is 0. The van der Waals surface area contributed by atoms with E-state index in [4.69, 9.17) is 5.10 Å². The quantitative estimate of drug-likeness (QED) is 0.199. The molecule has 0 unspecified atom stereocenters. The molecule has 6 nitrogen and oxygen atoms in total. The molecule has 1 aliphatic rings. The molecule has 7 rings (SSSR count). The van der Waals surface area contributed by atoms with E-state index in [1.807, 2.05) is 121 Å². The Balaban J connectivity index is 0.000000167. The molecule has 6 aromatic rings. The number of hydrogen-bond donors (Lipinski definition) is 0. The molecule has 0 fully saturated rings. The van der Waals surface area contributed by atoms with Crippen LogP contribution in [-0.2, 0) is 20.1 Å². The molecule has 0 spiro atoms. The van der Waals surface area contributed by atoms with Gasteiger partial charge in [0.2, 0.25) is 0 Å². The summed E-state index contributed by atoms with van der Waals surface area (Å²) in [7, 11) is 0. The van der Waals surface area contributed by atoms with Crippen LogP contribution < -0.4 is 9.91 Å². The third kappa shape index (κ3) is 5.96. The van der Waals surface area contributed by atoms with Crippen molar-refractivity contribution < 1.29 is 20.1 Å². The van der Waals surface area contributed by atoms with E-state index in [1.165, 1.54) is 0 Å². The van der Waals surface area contributed by atoms with E-state index in [0.29, 0.717) is 0 Å². The van der Waals surface area contributed by atoms with Crippen molar-refractivity contribution in [2.45, 2.75) is 0 Å². The summed E-state index contributed by atoms with van der Waals surface area (Å²) in [6.45, 7) is 1.99. The molecule has 39 heavy (non-hydrogen) atoms. The van der Waals surface area contributed by atoms with E-state index in [9.17, 15) is 0 Å². The molecule has 5 aromatic carbocycles. The predicted octanol–water partition coefficient (Wildman–Crippen LogP) is 6.51. The summed E-state index contributed by atoms with van der Waals surface area (Å²) in [4.78, 5) is 3.70. The van der Waals surface area contributed by atoms with Crippen LogP contribution in [-0.4, -0.2) is 20.8 Å². The topological polar surface area (TPSA) is 49.6 Å². The number of amidine groups is 1. The van der Waals surface area contributed by atoms with E-state index in [2.05, 4.69) is 51.5 Å². The average molecular weight is 684 g/mol. The van der Waals surface area contributed by atoms with Gasteiger partial charge in [-0.15, -0.1) is 18.8 Å². The van der Waals surface area contributed by atoms with Crippen molar-refractivity contribution in [3.8, 4) is 5.69 Å². The second kappa shape index (κ2) is 12.3. The van der Waals surface area contributed by atoms with Gasteiger partial charge in [-0.2, -0.15) is 68.6 Å². The van der Waals surface area contributed by atoms with Crippen LogP contribution >= 0.6 is 0 Å². The van der Waals surface area contributed by atoms with Gasteiger partial charge in [-0.1, -0.05) is 66.4 Å². The number of rotatable bonds is 4. The van der Waals surface area contributed by atoms with Crippen LogP contribution in [0, 0.1) is 18.8 Å². The maximum atomic E-state index is 4.78. The van der Waals surface area contributed by atoms with Crippen LogP contribution in [0.2, 0.25) is 0 Å². The number of aromatic nitrogens is 3. The van der Waals surface area contributed by atoms with Gasteiger partial charge in [0.05, 0.1) is 0 Å². The number of para-hydroxylation sites is 3. The Bertz CT molecular complexity index is 1600. The molecule has 0 saturated carbocycles. The molecule has 0 atom stereocenters. The molecular formula is C32H23IrN6. The first-order chi connectivity index (χ1) is 18.8. The SMILES string of the molecule is [Ir+3].[c-]1ccccc1-n1nc2ccccc2n1.[c-]1ccccc1N1[CH-]N(c2ccccc2)C(c2ccccc2)=N1. The maximum absolute atomic E-state index is 4.78. The van der Waals surface area contributed by atoms with Gasteiger partial charge in [0.25, 0.3) is 0 Å². The standard InChI is InChI=1S/C20H15N3.C12H8N3.Ir/c1-4-10-17(11-5-1)20-21-23(19-14-8-3-9-15-19)16-22(20)18-12-6-2-7-13-18;1-2-6-10(7-3-1)15-13-11-8-4-5-9-12(11)14-15;/h1-14,16H;1-6,8-9H;/q-2;-1;+3. The van der Waals surface area contributed by atoms with E-state index >= 15 is 0 Å². The summed E-state index contributed by atoms with van der Waals surface area (Å²) in [6, 6.07) is 50.0. The Morgan fingerprint density at radius 1 is 0.564 bits per heavy atom. The molecule has 0 saturated heterocycles. The van der Waals surface area contributed by atoms with E-state index in [-0.39, 0.29) is 20.1 Å². The Kier molecular flexibility index (Phi) is 8.22. The predicted molar refractivity (Wildman–Crippen MR) is 152 cm³/mol. The van der Waals surface area contributed by atoms with Crippen molar-refractivity contribution in [3.63, 3.8) is 0 Å². The monoisotopic (exact) mass is 684 g/mol. The largest absolute Gasteiger partial charge is 3.00 e. The molecule has 1 aromatic heterocycles. The van der Waals surface area contributed by atoms with Gasteiger partial charge in [0.15, 0.2) is 0 Å². The fourth-order valence-electron chi connectivity index (χ4n) is 4.02. The van der Waals surface area contributed by atoms with Crippen LogP contribution in [0.15, 0.2) is 139 Å². The first kappa shape index (κ1) is 26.0. The van der Waals surface area contributed by atoms with E-state index in [0.717, 1.165) is 39.5 Å². The minimum absolute atomic E-state index is 0. The normalized spacial score (nSPS) is 12.4. The van der Waals surface area contributed by atoms with Crippen molar-refractivity contribution in [2.24, 2.45) is 5.10 Å². The van der Waals surface area contributed by atoms with Gasteiger partial charge in [0, 0.05) is 11.3 Å². The van der Waals surface area contributed by atoms with Crippen LogP contribution in [0.1, 0.15) is 5.56 Å². The van der Waals surface area contributed by atoms with Crippen molar-refractivity contribution in [1.82, 2.24) is 15.0 Å². The summed E-state index contributed by atoms with van der Waals surface area (Å²) in [5.74, 6) is 0.897. The molecular weight excluding hydrogens is 661 g/mol. The molecule has 0 aliphatic carbocycles. The average Bonchev–Trinajstić information content (AvgIpc) is 3.65. The van der Waals surface area contributed by atoms with Gasteiger partial charge >= 0.3 is 20.1 Å². The van der Waals surface area contributed by atoms with Crippen molar-refractivity contribution in [1.29, 1.82) is 0 Å². The second-order valence-electron chi connectivity index (χ2n) is 8.43. The molecule has 0 amide bonds. The van der Waals surface area contributed by atoms with Gasteiger partial charge < -0.3 is 9.91 Å². The van der Waals surface area contributed by atoms with Crippen molar-refractivity contribution in [3.05, 3.63) is 158 Å². The molecule has 190 valence electrons. The number of fused-ring (bicyclic) bond motifs is 1. The van der Waals surface area contributed by atoms with Gasteiger partial charge in [-0.3, -0.25) is 0 Å². The van der Waals surface area contributed by atoms with Crippen LogP contribution in [0.25, 0.3) is 16.7 Å². The first-order valence-corrected chi connectivity index (χ1v) is 12.2. The third-order valence-electron chi connectivity index (χ3n) is 5.86. The zero-order valence-corrected chi connectivity index (χ0v) is 23.2. The molecule has 7 heteroatoms. The van der Waals surface area contributed by atoms with Crippen LogP contribution in [0.3, 0.4) is 0 Å². The van der Waals surface area contributed by atoms with Gasteiger partial charge in [-0.05, 0) is 30.0 Å². The Morgan fingerprint density at radius 2 is 1.10 bits per heavy atom. The first-order valence-electron chi connectivity index (χ1n) is 12.2. The summed E-state index contributed by atoms with van der Waals surface area (Å²) in [6.07, 6.45) is 0. The minimum Gasteiger partial charge on any atom is -0.456 e. The van der Waals surface area contributed by atoms with Crippen molar-refractivity contribution in [2.75, 3.05) is 9.91 Å². The maximum Gasteiger partial charge on any atom is 3.00 e. The molecule has 0 bridgehead atoms.